The Morgan fingerprint density at radius 1 is 1.42 bits per heavy atom. The van der Waals surface area contributed by atoms with E-state index in [9.17, 15) is 4.79 Å². The molecule has 0 fully saturated rings. The molecule has 5 N–H and O–H groups in total. The zero-order chi connectivity index (χ0) is 14.3. The molecule has 0 bridgehead atoms. The van der Waals surface area contributed by atoms with E-state index in [1.807, 2.05) is 0 Å². The Bertz CT molecular complexity index is 444. The van der Waals surface area contributed by atoms with Crippen LogP contribution < -0.4 is 21.9 Å². The van der Waals surface area contributed by atoms with Crippen LogP contribution in [0.15, 0.2) is 6.07 Å². The van der Waals surface area contributed by atoms with E-state index >= 15 is 0 Å². The molecule has 0 spiro atoms. The first kappa shape index (κ1) is 15.8. The van der Waals surface area contributed by atoms with Gasteiger partial charge in [-0.05, 0) is 6.07 Å². The summed E-state index contributed by atoms with van der Waals surface area (Å²) in [6.45, 7) is 0.920. The van der Waals surface area contributed by atoms with Gasteiger partial charge in [-0.3, -0.25) is 4.79 Å². The van der Waals surface area contributed by atoms with E-state index in [1.165, 1.54) is 6.07 Å². The molecule has 0 aliphatic rings. The molecular formula is C10H15Cl2N5O2. The fraction of sp³-hybridized carbons (Fsp3) is 0.400. The first-order valence-corrected chi connectivity index (χ1v) is 6.16. The number of pyridine rings is 1. The first-order valence-electron chi connectivity index (χ1n) is 5.40. The first-order chi connectivity index (χ1) is 9.08. The van der Waals surface area contributed by atoms with Crippen LogP contribution in [0.4, 0.5) is 11.6 Å². The van der Waals surface area contributed by atoms with Crippen LogP contribution in [0.2, 0.25) is 10.0 Å². The maximum atomic E-state index is 11.5. The number of carbonyl (C=O) groups is 1. The van der Waals surface area contributed by atoms with Crippen molar-refractivity contribution in [2.75, 3.05) is 37.5 Å². The summed E-state index contributed by atoms with van der Waals surface area (Å²) in [7, 11) is 1.56. The van der Waals surface area contributed by atoms with Crippen molar-refractivity contribution in [1.29, 1.82) is 0 Å². The van der Waals surface area contributed by atoms with Gasteiger partial charge in [-0.25, -0.2) is 10.8 Å². The summed E-state index contributed by atoms with van der Waals surface area (Å²) in [6.07, 6.45) is 0. The third-order valence-electron chi connectivity index (χ3n) is 2.11. The second-order valence-corrected chi connectivity index (χ2v) is 4.30. The van der Waals surface area contributed by atoms with Crippen LogP contribution in [-0.2, 0) is 9.53 Å². The van der Waals surface area contributed by atoms with Crippen molar-refractivity contribution in [2.24, 2.45) is 5.84 Å². The molecule has 0 aliphatic carbocycles. The Morgan fingerprint density at radius 2 is 2.11 bits per heavy atom. The lowest BCUT2D eigenvalue weighted by Gasteiger charge is -2.10. The van der Waals surface area contributed by atoms with Crippen LogP contribution >= 0.6 is 23.2 Å². The van der Waals surface area contributed by atoms with Crippen molar-refractivity contribution in [1.82, 2.24) is 10.3 Å². The zero-order valence-corrected chi connectivity index (χ0v) is 11.8. The van der Waals surface area contributed by atoms with Crippen molar-refractivity contribution < 1.29 is 9.53 Å². The van der Waals surface area contributed by atoms with Gasteiger partial charge in [0.25, 0.3) is 0 Å². The zero-order valence-electron chi connectivity index (χ0n) is 10.3. The number of nitrogens with two attached hydrogens (primary N) is 1. The van der Waals surface area contributed by atoms with Gasteiger partial charge in [0.15, 0.2) is 5.82 Å². The Hall–Kier alpha value is -1.28. The molecular weight excluding hydrogens is 293 g/mol. The highest BCUT2D eigenvalue weighted by Crippen LogP contribution is 2.28. The Labute approximate surface area is 120 Å². The highest BCUT2D eigenvalue weighted by Gasteiger charge is 2.09. The van der Waals surface area contributed by atoms with Gasteiger partial charge in [0, 0.05) is 13.7 Å². The van der Waals surface area contributed by atoms with Crippen LogP contribution in [0.5, 0.6) is 0 Å². The minimum Gasteiger partial charge on any atom is -0.383 e. The summed E-state index contributed by atoms with van der Waals surface area (Å²) in [5.41, 5.74) is 2.33. The third kappa shape index (κ3) is 5.07. The molecule has 0 saturated carbocycles. The van der Waals surface area contributed by atoms with Crippen LogP contribution in [0.25, 0.3) is 0 Å². The third-order valence-corrected chi connectivity index (χ3v) is 2.69. The number of ether oxygens (including phenoxy) is 1. The number of nitrogens with zero attached hydrogens (tertiary/aromatic N) is 1. The number of carbonyl (C=O) groups excluding carboxylic acids is 1. The van der Waals surface area contributed by atoms with E-state index in [0.29, 0.717) is 29.0 Å². The van der Waals surface area contributed by atoms with E-state index < -0.39 is 0 Å². The van der Waals surface area contributed by atoms with Crippen LogP contribution in [0.3, 0.4) is 0 Å². The van der Waals surface area contributed by atoms with Crippen molar-refractivity contribution in [3.8, 4) is 0 Å². The molecule has 0 aromatic carbocycles. The summed E-state index contributed by atoms with van der Waals surface area (Å²) in [4.78, 5) is 15.5. The summed E-state index contributed by atoms with van der Waals surface area (Å²) in [5, 5.41) is 6.03. The van der Waals surface area contributed by atoms with E-state index in [-0.39, 0.29) is 18.3 Å². The molecule has 0 radical (unpaired) electrons. The normalized spacial score (nSPS) is 10.1. The van der Waals surface area contributed by atoms with Gasteiger partial charge in [-0.1, -0.05) is 23.2 Å². The molecule has 0 unspecified atom stereocenters. The predicted molar refractivity (Wildman–Crippen MR) is 75.4 cm³/mol. The summed E-state index contributed by atoms with van der Waals surface area (Å²) in [6, 6.07) is 1.48. The number of amides is 1. The topological polar surface area (TPSA) is 101 Å². The summed E-state index contributed by atoms with van der Waals surface area (Å²) < 4.78 is 4.81. The van der Waals surface area contributed by atoms with Gasteiger partial charge < -0.3 is 20.8 Å². The lowest BCUT2D eigenvalue weighted by atomic mass is 10.4. The molecule has 7 nitrogen and oxygen atoms in total. The second-order valence-electron chi connectivity index (χ2n) is 3.49. The van der Waals surface area contributed by atoms with Crippen LogP contribution in [0, 0.1) is 0 Å². The minimum absolute atomic E-state index is 0.0298. The molecule has 106 valence electrons. The standard InChI is InChI=1S/C10H15Cl2N5O2/c1-19-3-2-14-8(18)5-15-9-6(11)4-7(12)10(16-9)17-13/h4H,2-3,5,13H2,1H3,(H,14,18)(H2,15,16,17). The largest absolute Gasteiger partial charge is 0.383 e. The number of rotatable bonds is 7. The average molecular weight is 308 g/mol. The Morgan fingerprint density at radius 3 is 2.74 bits per heavy atom. The monoisotopic (exact) mass is 307 g/mol. The van der Waals surface area contributed by atoms with Crippen molar-refractivity contribution in [2.45, 2.75) is 0 Å². The fourth-order valence-corrected chi connectivity index (χ4v) is 1.69. The van der Waals surface area contributed by atoms with Crippen LogP contribution in [0.1, 0.15) is 0 Å². The lowest BCUT2D eigenvalue weighted by molar-refractivity contribution is -0.119. The molecule has 0 aliphatic heterocycles. The number of nitrogens with one attached hydrogen (secondary N) is 3. The van der Waals surface area contributed by atoms with E-state index in [0.717, 1.165) is 0 Å². The molecule has 9 heteroatoms. The highest BCUT2D eigenvalue weighted by molar-refractivity contribution is 6.37. The number of methoxy groups -OCH3 is 1. The molecule has 1 rings (SSSR count). The predicted octanol–water partition coefficient (Wildman–Crippen LogP) is 0.848. The van der Waals surface area contributed by atoms with Crippen molar-refractivity contribution in [3.63, 3.8) is 0 Å². The molecule has 1 aromatic heterocycles. The van der Waals surface area contributed by atoms with Gasteiger partial charge in [0.05, 0.1) is 23.2 Å². The lowest BCUT2D eigenvalue weighted by Crippen LogP contribution is -2.32. The van der Waals surface area contributed by atoms with Crippen molar-refractivity contribution >= 4 is 40.7 Å². The minimum atomic E-state index is -0.202. The molecule has 1 aromatic rings. The quantitative estimate of drug-likeness (QED) is 0.338. The van der Waals surface area contributed by atoms with Gasteiger partial charge >= 0.3 is 0 Å². The maximum absolute atomic E-state index is 11.5. The smallest absolute Gasteiger partial charge is 0.239 e. The highest BCUT2D eigenvalue weighted by atomic mass is 35.5. The number of nitrogen functional groups attached to an aromatic ring is 1. The van der Waals surface area contributed by atoms with E-state index in [2.05, 4.69) is 21.0 Å². The van der Waals surface area contributed by atoms with Crippen LogP contribution in [-0.4, -0.2) is 37.7 Å². The number of hydrazine groups is 1. The molecule has 1 amide bonds. The maximum Gasteiger partial charge on any atom is 0.239 e. The second kappa shape index (κ2) is 8.00. The molecule has 1 heterocycles. The summed E-state index contributed by atoms with van der Waals surface area (Å²) >= 11 is 11.8. The van der Waals surface area contributed by atoms with E-state index in [4.69, 9.17) is 33.8 Å². The molecule has 0 atom stereocenters. The fourth-order valence-electron chi connectivity index (χ4n) is 1.21. The Balaban J connectivity index is 2.55. The Kier molecular flexibility index (Phi) is 6.65. The average Bonchev–Trinajstić information content (AvgIpc) is 2.38. The number of anilines is 2. The number of hydrogen-bond donors (Lipinski definition) is 4. The molecule has 0 saturated heterocycles. The van der Waals surface area contributed by atoms with Gasteiger partial charge in [0.2, 0.25) is 5.91 Å². The SMILES string of the molecule is COCCNC(=O)CNc1nc(NN)c(Cl)cc1Cl. The van der Waals surface area contributed by atoms with E-state index in [1.54, 1.807) is 7.11 Å². The van der Waals surface area contributed by atoms with Gasteiger partial charge in [-0.2, -0.15) is 0 Å². The number of hydrogen-bond acceptors (Lipinski definition) is 6. The summed E-state index contributed by atoms with van der Waals surface area (Å²) in [5.74, 6) is 5.64. The number of halogens is 2. The van der Waals surface area contributed by atoms with Gasteiger partial charge in [0.1, 0.15) is 5.82 Å². The van der Waals surface area contributed by atoms with Crippen molar-refractivity contribution in [3.05, 3.63) is 16.1 Å². The van der Waals surface area contributed by atoms with Gasteiger partial charge in [-0.15, -0.1) is 0 Å². The number of aromatic nitrogens is 1. The molecule has 19 heavy (non-hydrogen) atoms.